The van der Waals surface area contributed by atoms with E-state index in [1.165, 1.54) is 19.3 Å². The summed E-state index contributed by atoms with van der Waals surface area (Å²) in [5.74, 6) is 0.951. The summed E-state index contributed by atoms with van der Waals surface area (Å²) in [5.41, 5.74) is 0.843. The Morgan fingerprint density at radius 1 is 1.30 bits per heavy atom. The molecule has 1 aliphatic carbocycles. The maximum absolute atomic E-state index is 12.1. The molecule has 2 unspecified atom stereocenters. The molecule has 1 heterocycles. The predicted octanol–water partition coefficient (Wildman–Crippen LogP) is 3.34. The molecule has 3 rings (SSSR count). The highest BCUT2D eigenvalue weighted by molar-refractivity contribution is 7.91. The van der Waals surface area contributed by atoms with Crippen molar-refractivity contribution in [3.05, 3.63) is 28.8 Å². The van der Waals surface area contributed by atoms with Crippen LogP contribution in [0.25, 0.3) is 0 Å². The molecule has 0 radical (unpaired) electrons. The van der Waals surface area contributed by atoms with Crippen molar-refractivity contribution in [1.82, 2.24) is 5.32 Å². The van der Waals surface area contributed by atoms with E-state index in [9.17, 15) is 8.42 Å². The first-order valence-corrected chi connectivity index (χ1v) is 9.28. The van der Waals surface area contributed by atoms with Crippen LogP contribution in [0.4, 0.5) is 0 Å². The lowest BCUT2D eigenvalue weighted by molar-refractivity contribution is 0.224. The van der Waals surface area contributed by atoms with E-state index in [-0.39, 0.29) is 11.8 Å². The molecule has 3 nitrogen and oxygen atoms in total. The molecule has 0 amide bonds. The number of hydrogen-bond acceptors (Lipinski definition) is 3. The van der Waals surface area contributed by atoms with E-state index in [1.54, 1.807) is 18.2 Å². The standard InChI is InChI=1S/C15H20ClNO2S/c1-10(11-3-2-4-11)17-14-7-8-20(18,19)15-6-5-12(16)9-13(14)15/h5-6,9-11,14,17H,2-4,7-8H2,1H3. The SMILES string of the molecule is CC(NC1CCS(=O)(=O)c2ccc(Cl)cc21)C1CCC1. The highest BCUT2D eigenvalue weighted by Gasteiger charge is 2.33. The van der Waals surface area contributed by atoms with E-state index in [0.29, 0.717) is 22.4 Å². The van der Waals surface area contributed by atoms with Gasteiger partial charge in [-0.1, -0.05) is 18.0 Å². The first-order chi connectivity index (χ1) is 9.47. The summed E-state index contributed by atoms with van der Waals surface area (Å²) in [6.45, 7) is 2.21. The van der Waals surface area contributed by atoms with Gasteiger partial charge >= 0.3 is 0 Å². The zero-order chi connectivity index (χ0) is 14.3. The normalized spacial score (nSPS) is 26.6. The molecule has 1 aliphatic heterocycles. The molecule has 2 aliphatic rings. The number of benzene rings is 1. The van der Waals surface area contributed by atoms with Crippen LogP contribution in [-0.4, -0.2) is 20.2 Å². The Kier molecular flexibility index (Phi) is 3.82. The second-order valence-corrected chi connectivity index (χ2v) is 8.50. The van der Waals surface area contributed by atoms with Crippen LogP contribution in [-0.2, 0) is 9.84 Å². The highest BCUT2D eigenvalue weighted by atomic mass is 35.5. The number of nitrogens with one attached hydrogen (secondary N) is 1. The van der Waals surface area contributed by atoms with Gasteiger partial charge in [0, 0.05) is 17.1 Å². The van der Waals surface area contributed by atoms with Gasteiger partial charge in [0.25, 0.3) is 0 Å². The average Bonchev–Trinajstić information content (AvgIpc) is 2.30. The molecule has 110 valence electrons. The monoisotopic (exact) mass is 313 g/mol. The lowest BCUT2D eigenvalue weighted by Gasteiger charge is -2.36. The fourth-order valence-corrected chi connectivity index (χ4v) is 4.96. The minimum absolute atomic E-state index is 0.0998. The summed E-state index contributed by atoms with van der Waals surface area (Å²) in [6.07, 6.45) is 4.51. The summed E-state index contributed by atoms with van der Waals surface area (Å²) in [4.78, 5) is 0.450. The number of rotatable bonds is 3. The third-order valence-electron chi connectivity index (χ3n) is 4.68. The number of halogens is 1. The molecule has 20 heavy (non-hydrogen) atoms. The minimum Gasteiger partial charge on any atom is -0.307 e. The summed E-state index contributed by atoms with van der Waals surface area (Å²) < 4.78 is 24.3. The van der Waals surface area contributed by atoms with Gasteiger partial charge in [0.15, 0.2) is 9.84 Å². The van der Waals surface area contributed by atoms with Crippen LogP contribution in [0.1, 0.15) is 44.2 Å². The third kappa shape index (κ3) is 2.61. The number of hydrogen-bond donors (Lipinski definition) is 1. The molecule has 1 N–H and O–H groups in total. The van der Waals surface area contributed by atoms with Crippen molar-refractivity contribution in [2.45, 2.75) is 49.6 Å². The van der Waals surface area contributed by atoms with Crippen LogP contribution in [0.2, 0.25) is 5.02 Å². The largest absolute Gasteiger partial charge is 0.307 e. The van der Waals surface area contributed by atoms with Gasteiger partial charge in [0.1, 0.15) is 0 Å². The maximum Gasteiger partial charge on any atom is 0.178 e. The average molecular weight is 314 g/mol. The van der Waals surface area contributed by atoms with E-state index in [2.05, 4.69) is 12.2 Å². The van der Waals surface area contributed by atoms with Crippen molar-refractivity contribution >= 4 is 21.4 Å². The molecule has 1 saturated carbocycles. The Labute approximate surface area is 125 Å². The maximum atomic E-state index is 12.1. The summed E-state index contributed by atoms with van der Waals surface area (Å²) in [6, 6.07) is 5.65. The zero-order valence-electron chi connectivity index (χ0n) is 11.6. The molecule has 2 atom stereocenters. The van der Waals surface area contributed by atoms with Gasteiger partial charge in [-0.3, -0.25) is 0 Å². The van der Waals surface area contributed by atoms with Crippen molar-refractivity contribution in [2.75, 3.05) is 5.75 Å². The molecule has 0 spiro atoms. The van der Waals surface area contributed by atoms with Gasteiger partial charge < -0.3 is 5.32 Å². The second kappa shape index (κ2) is 5.32. The first-order valence-electron chi connectivity index (χ1n) is 7.25. The summed E-state index contributed by atoms with van der Waals surface area (Å²) >= 11 is 6.05. The van der Waals surface area contributed by atoms with Gasteiger partial charge in [0.05, 0.1) is 10.6 Å². The molecule has 0 aromatic heterocycles. The summed E-state index contributed by atoms with van der Waals surface area (Å²) in [5, 5.41) is 4.22. The van der Waals surface area contributed by atoms with Crippen LogP contribution in [0.3, 0.4) is 0 Å². The van der Waals surface area contributed by atoms with Crippen molar-refractivity contribution in [3.8, 4) is 0 Å². The topological polar surface area (TPSA) is 46.2 Å². The van der Waals surface area contributed by atoms with Gasteiger partial charge in [-0.25, -0.2) is 8.42 Å². The molecule has 5 heteroatoms. The van der Waals surface area contributed by atoms with Gasteiger partial charge in [0.2, 0.25) is 0 Å². The lowest BCUT2D eigenvalue weighted by Crippen LogP contribution is -2.41. The second-order valence-electron chi connectivity index (χ2n) is 5.99. The van der Waals surface area contributed by atoms with Crippen LogP contribution in [0.15, 0.2) is 23.1 Å². The van der Waals surface area contributed by atoms with Gasteiger partial charge in [-0.15, -0.1) is 0 Å². The van der Waals surface area contributed by atoms with Crippen LogP contribution in [0, 0.1) is 5.92 Å². The van der Waals surface area contributed by atoms with Crippen molar-refractivity contribution < 1.29 is 8.42 Å². The van der Waals surface area contributed by atoms with Gasteiger partial charge in [-0.05, 0) is 55.9 Å². The molecular weight excluding hydrogens is 294 g/mol. The zero-order valence-corrected chi connectivity index (χ0v) is 13.2. The minimum atomic E-state index is -3.14. The molecule has 0 saturated heterocycles. The molecule has 1 fully saturated rings. The Bertz CT molecular complexity index is 610. The first kappa shape index (κ1) is 14.4. The Hall–Kier alpha value is -0.580. The van der Waals surface area contributed by atoms with Gasteiger partial charge in [-0.2, -0.15) is 0 Å². The molecule has 0 bridgehead atoms. The van der Waals surface area contributed by atoms with E-state index in [1.807, 2.05) is 0 Å². The fourth-order valence-electron chi connectivity index (χ4n) is 3.18. The van der Waals surface area contributed by atoms with Crippen molar-refractivity contribution in [3.63, 3.8) is 0 Å². The Morgan fingerprint density at radius 3 is 2.70 bits per heavy atom. The van der Waals surface area contributed by atoms with E-state index >= 15 is 0 Å². The van der Waals surface area contributed by atoms with Crippen LogP contribution in [0.5, 0.6) is 0 Å². The van der Waals surface area contributed by atoms with E-state index < -0.39 is 9.84 Å². The smallest absolute Gasteiger partial charge is 0.178 e. The third-order valence-corrected chi connectivity index (χ3v) is 6.73. The molecule has 1 aromatic rings. The molecular formula is C15H20ClNO2S. The summed E-state index contributed by atoms with van der Waals surface area (Å²) in [7, 11) is -3.14. The number of sulfone groups is 1. The quantitative estimate of drug-likeness (QED) is 0.931. The van der Waals surface area contributed by atoms with Crippen molar-refractivity contribution in [2.24, 2.45) is 5.92 Å². The van der Waals surface area contributed by atoms with Crippen LogP contribution < -0.4 is 5.32 Å². The highest BCUT2D eigenvalue weighted by Crippen LogP contribution is 2.36. The van der Waals surface area contributed by atoms with E-state index in [0.717, 1.165) is 11.5 Å². The lowest BCUT2D eigenvalue weighted by atomic mass is 9.80. The Morgan fingerprint density at radius 2 is 2.05 bits per heavy atom. The predicted molar refractivity (Wildman–Crippen MR) is 80.8 cm³/mol. The van der Waals surface area contributed by atoms with Crippen molar-refractivity contribution in [1.29, 1.82) is 0 Å². The molecule has 1 aromatic carbocycles. The number of fused-ring (bicyclic) bond motifs is 1. The fraction of sp³-hybridized carbons (Fsp3) is 0.600. The van der Waals surface area contributed by atoms with E-state index in [4.69, 9.17) is 11.6 Å². The van der Waals surface area contributed by atoms with Crippen LogP contribution >= 0.6 is 11.6 Å². The Balaban J connectivity index is 1.88.